The Bertz CT molecular complexity index is 379. The van der Waals surface area contributed by atoms with Crippen molar-refractivity contribution in [3.63, 3.8) is 0 Å². The van der Waals surface area contributed by atoms with Crippen LogP contribution in [0.25, 0.3) is 0 Å². The van der Waals surface area contributed by atoms with Crippen LogP contribution in [0.1, 0.15) is 38.5 Å². The van der Waals surface area contributed by atoms with E-state index in [9.17, 15) is 4.79 Å². The van der Waals surface area contributed by atoms with E-state index >= 15 is 0 Å². The molecule has 0 aromatic carbocycles. The third-order valence-electron chi connectivity index (χ3n) is 4.54. The highest BCUT2D eigenvalue weighted by Crippen LogP contribution is 2.32. The van der Waals surface area contributed by atoms with Crippen LogP contribution in [-0.4, -0.2) is 42.4 Å². The number of nitrogens with zero attached hydrogens (tertiary/aromatic N) is 2. The number of aliphatic imine (C=N–C) groups is 1. The number of carbonyl (C=O) groups is 1. The fourth-order valence-electron chi connectivity index (χ4n) is 2.90. The largest absolute Gasteiger partial charge is 0.370 e. The van der Waals surface area contributed by atoms with Crippen molar-refractivity contribution in [1.82, 2.24) is 10.2 Å². The molecule has 0 spiro atoms. The normalized spacial score (nSPS) is 27.2. The third-order valence-corrected chi connectivity index (χ3v) is 4.54. The summed E-state index contributed by atoms with van der Waals surface area (Å²) < 4.78 is 0. The van der Waals surface area contributed by atoms with E-state index in [2.05, 4.69) is 10.3 Å². The molecule has 1 heterocycles. The molecular weight excluding hydrogens is 367 g/mol. The maximum Gasteiger partial charge on any atom is 0.223 e. The van der Waals surface area contributed by atoms with Gasteiger partial charge in [-0.25, -0.2) is 0 Å². The summed E-state index contributed by atoms with van der Waals surface area (Å²) in [7, 11) is 0. The highest BCUT2D eigenvalue weighted by molar-refractivity contribution is 14.0. The molecule has 3 aliphatic rings. The van der Waals surface area contributed by atoms with Crippen LogP contribution in [0.5, 0.6) is 0 Å². The van der Waals surface area contributed by atoms with Gasteiger partial charge in [-0.2, -0.15) is 0 Å². The van der Waals surface area contributed by atoms with Gasteiger partial charge in [-0.1, -0.05) is 6.42 Å². The average molecular weight is 392 g/mol. The summed E-state index contributed by atoms with van der Waals surface area (Å²) in [5, 5.41) is 3.20. The van der Waals surface area contributed by atoms with Gasteiger partial charge in [-0.3, -0.25) is 9.79 Å². The zero-order valence-electron chi connectivity index (χ0n) is 11.9. The molecule has 20 heavy (non-hydrogen) atoms. The lowest BCUT2D eigenvalue weighted by atomic mass is 9.85. The van der Waals surface area contributed by atoms with Crippen molar-refractivity contribution in [2.45, 2.75) is 44.6 Å². The Morgan fingerprint density at radius 3 is 2.65 bits per heavy atom. The van der Waals surface area contributed by atoms with Crippen LogP contribution in [-0.2, 0) is 4.79 Å². The van der Waals surface area contributed by atoms with Gasteiger partial charge in [0.05, 0.1) is 0 Å². The first-order valence-corrected chi connectivity index (χ1v) is 7.55. The van der Waals surface area contributed by atoms with E-state index in [4.69, 9.17) is 5.73 Å². The van der Waals surface area contributed by atoms with E-state index in [1.807, 2.05) is 4.90 Å². The highest BCUT2D eigenvalue weighted by atomic mass is 127. The Balaban J connectivity index is 0.00000147. The van der Waals surface area contributed by atoms with Crippen molar-refractivity contribution in [3.8, 4) is 0 Å². The summed E-state index contributed by atoms with van der Waals surface area (Å²) in [6.45, 7) is 2.51. The van der Waals surface area contributed by atoms with Crippen LogP contribution < -0.4 is 11.1 Å². The second-order valence-corrected chi connectivity index (χ2v) is 6.25. The molecule has 6 heteroatoms. The number of nitrogens with one attached hydrogen (secondary N) is 1. The monoisotopic (exact) mass is 392 g/mol. The summed E-state index contributed by atoms with van der Waals surface area (Å²) in [4.78, 5) is 18.2. The number of guanidine groups is 1. The molecule has 2 aliphatic carbocycles. The molecule has 1 atom stereocenters. The quantitative estimate of drug-likeness (QED) is 0.421. The number of rotatable bonds is 5. The van der Waals surface area contributed by atoms with Crippen LogP contribution in [0.4, 0.5) is 0 Å². The number of amides is 1. The summed E-state index contributed by atoms with van der Waals surface area (Å²) in [6, 6.07) is 0.538. The first kappa shape index (κ1) is 15.9. The Kier molecular flexibility index (Phi) is 5.51. The first-order valence-electron chi connectivity index (χ1n) is 7.55. The van der Waals surface area contributed by atoms with Gasteiger partial charge < -0.3 is 16.0 Å². The van der Waals surface area contributed by atoms with E-state index in [0.29, 0.717) is 36.8 Å². The van der Waals surface area contributed by atoms with Crippen LogP contribution in [0.2, 0.25) is 0 Å². The minimum absolute atomic E-state index is 0. The smallest absolute Gasteiger partial charge is 0.223 e. The van der Waals surface area contributed by atoms with Gasteiger partial charge in [0.2, 0.25) is 5.91 Å². The Morgan fingerprint density at radius 1 is 1.30 bits per heavy atom. The van der Waals surface area contributed by atoms with Crippen molar-refractivity contribution in [2.75, 3.05) is 19.6 Å². The molecule has 3 fully saturated rings. The molecule has 3 N–H and O–H groups in total. The molecule has 1 aliphatic heterocycles. The molecule has 1 amide bonds. The zero-order valence-corrected chi connectivity index (χ0v) is 14.2. The molecular formula is C14H25IN4O. The molecule has 1 unspecified atom stereocenters. The molecule has 0 bridgehead atoms. The summed E-state index contributed by atoms with van der Waals surface area (Å²) in [6.07, 6.45) is 7.00. The van der Waals surface area contributed by atoms with Crippen molar-refractivity contribution < 1.29 is 4.79 Å². The van der Waals surface area contributed by atoms with Gasteiger partial charge in [-0.15, -0.1) is 24.0 Å². The highest BCUT2D eigenvalue weighted by Gasteiger charge is 2.39. The number of nitrogens with two attached hydrogens (primary N) is 1. The molecule has 114 valence electrons. The molecule has 0 aromatic rings. The van der Waals surface area contributed by atoms with Gasteiger partial charge in [-0.05, 0) is 31.6 Å². The van der Waals surface area contributed by atoms with Crippen LogP contribution >= 0.6 is 24.0 Å². The molecule has 1 saturated heterocycles. The summed E-state index contributed by atoms with van der Waals surface area (Å²) in [5.74, 6) is 2.00. The SMILES string of the molecule is I.NC(=NCC1CC(=O)N(C2CC2)C1)NCC1CCC1. The zero-order chi connectivity index (χ0) is 13.2. The van der Waals surface area contributed by atoms with Crippen molar-refractivity contribution in [2.24, 2.45) is 22.6 Å². The minimum atomic E-state index is 0. The van der Waals surface area contributed by atoms with Crippen LogP contribution in [0.15, 0.2) is 4.99 Å². The van der Waals surface area contributed by atoms with E-state index in [-0.39, 0.29) is 24.0 Å². The number of carbonyl (C=O) groups excluding carboxylic acids is 1. The van der Waals surface area contributed by atoms with Gasteiger partial charge in [0.15, 0.2) is 5.96 Å². The van der Waals surface area contributed by atoms with Crippen molar-refractivity contribution in [3.05, 3.63) is 0 Å². The number of likely N-dealkylation sites (tertiary alicyclic amines) is 1. The molecule has 5 nitrogen and oxygen atoms in total. The minimum Gasteiger partial charge on any atom is -0.370 e. The second kappa shape index (κ2) is 6.95. The fourth-order valence-corrected chi connectivity index (χ4v) is 2.90. The number of hydrogen-bond acceptors (Lipinski definition) is 2. The van der Waals surface area contributed by atoms with E-state index in [1.54, 1.807) is 0 Å². The molecule has 0 aromatic heterocycles. The van der Waals surface area contributed by atoms with E-state index in [1.165, 1.54) is 32.1 Å². The van der Waals surface area contributed by atoms with Crippen molar-refractivity contribution >= 4 is 35.8 Å². The third kappa shape index (κ3) is 3.99. The van der Waals surface area contributed by atoms with Gasteiger partial charge in [0.1, 0.15) is 0 Å². The van der Waals surface area contributed by atoms with E-state index in [0.717, 1.165) is 19.0 Å². The van der Waals surface area contributed by atoms with Crippen LogP contribution in [0, 0.1) is 11.8 Å². The Hall–Kier alpha value is -0.530. The maximum atomic E-state index is 11.8. The summed E-state index contributed by atoms with van der Waals surface area (Å²) >= 11 is 0. The Morgan fingerprint density at radius 2 is 2.05 bits per heavy atom. The van der Waals surface area contributed by atoms with Crippen molar-refractivity contribution in [1.29, 1.82) is 0 Å². The Labute approximate surface area is 137 Å². The molecule has 2 saturated carbocycles. The maximum absolute atomic E-state index is 11.8. The van der Waals surface area contributed by atoms with Gasteiger partial charge >= 0.3 is 0 Å². The molecule has 3 rings (SSSR count). The van der Waals surface area contributed by atoms with Gasteiger partial charge in [0.25, 0.3) is 0 Å². The lowest BCUT2D eigenvalue weighted by Crippen LogP contribution is -2.37. The lowest BCUT2D eigenvalue weighted by Gasteiger charge is -2.25. The van der Waals surface area contributed by atoms with Crippen LogP contribution in [0.3, 0.4) is 0 Å². The van der Waals surface area contributed by atoms with E-state index < -0.39 is 0 Å². The number of hydrogen-bond donors (Lipinski definition) is 2. The average Bonchev–Trinajstić information content (AvgIpc) is 3.09. The number of halogens is 1. The standard InChI is InChI=1S/C14H24N4O.HI/c15-14(16-7-10-2-1-3-10)17-8-11-6-13(19)18(9-11)12-4-5-12;/h10-12H,1-9H2,(H3,15,16,17);1H. The second-order valence-electron chi connectivity index (χ2n) is 6.25. The first-order chi connectivity index (χ1) is 9.22. The predicted octanol–water partition coefficient (Wildman–Crippen LogP) is 1.32. The van der Waals surface area contributed by atoms with Gasteiger partial charge in [0, 0.05) is 38.0 Å². The predicted molar refractivity (Wildman–Crippen MR) is 90.1 cm³/mol. The fraction of sp³-hybridized carbons (Fsp3) is 0.857. The summed E-state index contributed by atoms with van der Waals surface area (Å²) in [5.41, 5.74) is 5.86. The lowest BCUT2D eigenvalue weighted by molar-refractivity contribution is -0.128. The molecule has 0 radical (unpaired) electrons. The topological polar surface area (TPSA) is 70.7 Å².